The van der Waals surface area contributed by atoms with Crippen molar-refractivity contribution in [3.63, 3.8) is 0 Å². The largest absolute Gasteiger partial charge is 0.399 e. The highest BCUT2D eigenvalue weighted by molar-refractivity contribution is 5.95. The maximum absolute atomic E-state index is 12.4. The number of hydrogen-bond donors (Lipinski definition) is 3. The molecule has 2 amide bonds. The highest BCUT2D eigenvalue weighted by atomic mass is 16.2. The second-order valence-electron chi connectivity index (χ2n) is 6.87. The van der Waals surface area contributed by atoms with Crippen LogP contribution < -0.4 is 16.4 Å². The van der Waals surface area contributed by atoms with E-state index in [1.54, 1.807) is 18.2 Å². The first kappa shape index (κ1) is 18.0. The molecule has 1 aliphatic rings. The fourth-order valence-electron chi connectivity index (χ4n) is 3.31. The van der Waals surface area contributed by atoms with Crippen LogP contribution in [0.15, 0.2) is 48.5 Å². The Morgan fingerprint density at radius 1 is 0.923 bits per heavy atom. The third-order valence-corrected chi connectivity index (χ3v) is 4.73. The molecule has 2 aromatic carbocycles. The van der Waals surface area contributed by atoms with Gasteiger partial charge in [0.25, 0.3) is 0 Å². The van der Waals surface area contributed by atoms with Crippen LogP contribution in [0, 0.1) is 5.92 Å². The molecular formula is C21H25N3O2. The predicted octanol–water partition coefficient (Wildman–Crippen LogP) is 3.97. The smallest absolute Gasteiger partial charge is 0.228 e. The number of nitrogens with two attached hydrogens (primary N) is 1. The van der Waals surface area contributed by atoms with Crippen LogP contribution in [0.5, 0.6) is 0 Å². The number of rotatable bonds is 5. The van der Waals surface area contributed by atoms with Crippen LogP contribution in [0.1, 0.15) is 37.7 Å². The number of hydrogen-bond acceptors (Lipinski definition) is 3. The lowest BCUT2D eigenvalue weighted by molar-refractivity contribution is -0.120. The minimum Gasteiger partial charge on any atom is -0.399 e. The van der Waals surface area contributed by atoms with Gasteiger partial charge in [-0.1, -0.05) is 37.5 Å². The lowest BCUT2D eigenvalue weighted by Crippen LogP contribution is -2.24. The molecule has 5 nitrogen and oxygen atoms in total. The fraction of sp³-hybridized carbons (Fsp3) is 0.333. The van der Waals surface area contributed by atoms with E-state index >= 15 is 0 Å². The summed E-state index contributed by atoms with van der Waals surface area (Å²) in [4.78, 5) is 24.6. The molecule has 136 valence electrons. The van der Waals surface area contributed by atoms with Gasteiger partial charge < -0.3 is 16.4 Å². The van der Waals surface area contributed by atoms with Crippen molar-refractivity contribution in [3.8, 4) is 0 Å². The number of anilines is 3. The molecule has 0 bridgehead atoms. The first-order chi connectivity index (χ1) is 12.6. The van der Waals surface area contributed by atoms with Crippen molar-refractivity contribution in [1.29, 1.82) is 0 Å². The van der Waals surface area contributed by atoms with Gasteiger partial charge in [-0.25, -0.2) is 0 Å². The molecule has 0 unspecified atom stereocenters. The van der Waals surface area contributed by atoms with Crippen LogP contribution in [0.2, 0.25) is 0 Å². The van der Waals surface area contributed by atoms with Gasteiger partial charge in [-0.05, 0) is 48.7 Å². The van der Waals surface area contributed by atoms with Crippen LogP contribution in [-0.4, -0.2) is 11.8 Å². The second-order valence-corrected chi connectivity index (χ2v) is 6.87. The predicted molar refractivity (Wildman–Crippen MR) is 105 cm³/mol. The zero-order chi connectivity index (χ0) is 18.4. The van der Waals surface area contributed by atoms with Gasteiger partial charge in [-0.2, -0.15) is 0 Å². The number of nitrogen functional groups attached to an aromatic ring is 1. The van der Waals surface area contributed by atoms with E-state index in [4.69, 9.17) is 5.73 Å². The van der Waals surface area contributed by atoms with E-state index in [9.17, 15) is 9.59 Å². The maximum atomic E-state index is 12.4. The van der Waals surface area contributed by atoms with Crippen LogP contribution in [0.3, 0.4) is 0 Å². The molecule has 0 saturated heterocycles. The van der Waals surface area contributed by atoms with Crippen molar-refractivity contribution < 1.29 is 9.59 Å². The van der Waals surface area contributed by atoms with Gasteiger partial charge in [0.05, 0.1) is 6.42 Å². The topological polar surface area (TPSA) is 84.2 Å². The highest BCUT2D eigenvalue weighted by Crippen LogP contribution is 2.25. The molecular weight excluding hydrogens is 326 g/mol. The molecule has 3 rings (SSSR count). The Balaban J connectivity index is 1.57. The average Bonchev–Trinajstić information content (AvgIpc) is 2.64. The summed E-state index contributed by atoms with van der Waals surface area (Å²) in [6.45, 7) is 0. The van der Waals surface area contributed by atoms with E-state index in [1.807, 2.05) is 30.3 Å². The van der Waals surface area contributed by atoms with E-state index in [2.05, 4.69) is 10.6 Å². The highest BCUT2D eigenvalue weighted by Gasteiger charge is 2.21. The van der Waals surface area contributed by atoms with Gasteiger partial charge >= 0.3 is 0 Å². The normalized spacial score (nSPS) is 14.6. The number of amides is 2. The Hall–Kier alpha value is -2.82. The van der Waals surface area contributed by atoms with Gasteiger partial charge in [0.2, 0.25) is 11.8 Å². The number of nitrogens with one attached hydrogen (secondary N) is 2. The van der Waals surface area contributed by atoms with Crippen LogP contribution >= 0.6 is 0 Å². The van der Waals surface area contributed by atoms with Crippen molar-refractivity contribution in [1.82, 2.24) is 0 Å². The molecule has 0 aliphatic heterocycles. The minimum atomic E-state index is -0.106. The van der Waals surface area contributed by atoms with Crippen molar-refractivity contribution in [3.05, 3.63) is 54.1 Å². The number of carbonyl (C=O) groups excluding carboxylic acids is 2. The Kier molecular flexibility index (Phi) is 5.89. The Bertz CT molecular complexity index is 765. The zero-order valence-corrected chi connectivity index (χ0v) is 14.8. The molecule has 26 heavy (non-hydrogen) atoms. The Morgan fingerprint density at radius 2 is 1.58 bits per heavy atom. The molecule has 1 aliphatic carbocycles. The van der Waals surface area contributed by atoms with Crippen LogP contribution in [-0.2, 0) is 16.0 Å². The first-order valence-electron chi connectivity index (χ1n) is 9.15. The van der Waals surface area contributed by atoms with E-state index in [1.165, 1.54) is 6.42 Å². The van der Waals surface area contributed by atoms with Crippen molar-refractivity contribution >= 4 is 28.9 Å². The second kappa shape index (κ2) is 8.52. The zero-order valence-electron chi connectivity index (χ0n) is 14.8. The Labute approximate surface area is 154 Å². The Morgan fingerprint density at radius 3 is 2.27 bits per heavy atom. The molecule has 0 atom stereocenters. The number of carbonyl (C=O) groups is 2. The van der Waals surface area contributed by atoms with E-state index in [0.29, 0.717) is 17.1 Å². The summed E-state index contributed by atoms with van der Waals surface area (Å²) in [6.07, 6.45) is 5.67. The summed E-state index contributed by atoms with van der Waals surface area (Å²) in [6, 6.07) is 14.5. The van der Waals surface area contributed by atoms with E-state index in [-0.39, 0.29) is 24.2 Å². The van der Waals surface area contributed by atoms with E-state index in [0.717, 1.165) is 31.2 Å². The van der Waals surface area contributed by atoms with Crippen molar-refractivity contribution in [2.75, 3.05) is 16.4 Å². The lowest BCUT2D eigenvalue weighted by atomic mass is 9.88. The standard InChI is InChI=1S/C21H25N3O2/c22-17-11-9-15(10-12-17)13-20(25)23-18-7-4-8-19(14-18)24-21(26)16-5-2-1-3-6-16/h4,7-12,14,16H,1-3,5-6,13,22H2,(H,23,25)(H,24,26). The monoisotopic (exact) mass is 351 g/mol. The summed E-state index contributed by atoms with van der Waals surface area (Å²) in [5.74, 6) is 0.0769. The minimum absolute atomic E-state index is 0.0788. The first-order valence-corrected chi connectivity index (χ1v) is 9.15. The van der Waals surface area contributed by atoms with E-state index < -0.39 is 0 Å². The summed E-state index contributed by atoms with van der Waals surface area (Å²) in [7, 11) is 0. The van der Waals surface area contributed by atoms with Crippen LogP contribution in [0.25, 0.3) is 0 Å². The molecule has 2 aromatic rings. The quantitative estimate of drug-likeness (QED) is 0.713. The molecule has 0 heterocycles. The van der Waals surface area contributed by atoms with Gasteiger partial charge in [-0.15, -0.1) is 0 Å². The molecule has 5 heteroatoms. The summed E-state index contributed by atoms with van der Waals surface area (Å²) >= 11 is 0. The molecule has 4 N–H and O–H groups in total. The third kappa shape index (κ3) is 5.09. The summed E-state index contributed by atoms with van der Waals surface area (Å²) < 4.78 is 0. The molecule has 1 fully saturated rings. The maximum Gasteiger partial charge on any atom is 0.228 e. The fourth-order valence-corrected chi connectivity index (χ4v) is 3.31. The molecule has 1 saturated carbocycles. The number of benzene rings is 2. The summed E-state index contributed by atoms with van der Waals surface area (Å²) in [5, 5.41) is 5.85. The van der Waals surface area contributed by atoms with Gasteiger partial charge in [0, 0.05) is 23.0 Å². The van der Waals surface area contributed by atoms with Gasteiger partial charge in [-0.3, -0.25) is 9.59 Å². The SMILES string of the molecule is Nc1ccc(CC(=O)Nc2cccc(NC(=O)C3CCCCC3)c2)cc1. The lowest BCUT2D eigenvalue weighted by Gasteiger charge is -2.20. The molecule has 0 aromatic heterocycles. The summed E-state index contributed by atoms with van der Waals surface area (Å²) in [5.41, 5.74) is 8.62. The molecule has 0 spiro atoms. The van der Waals surface area contributed by atoms with Crippen molar-refractivity contribution in [2.24, 2.45) is 5.92 Å². The average molecular weight is 351 g/mol. The van der Waals surface area contributed by atoms with Crippen molar-refractivity contribution in [2.45, 2.75) is 38.5 Å². The van der Waals surface area contributed by atoms with Gasteiger partial charge in [0.1, 0.15) is 0 Å². The van der Waals surface area contributed by atoms with Crippen LogP contribution in [0.4, 0.5) is 17.1 Å². The van der Waals surface area contributed by atoms with Gasteiger partial charge in [0.15, 0.2) is 0 Å². The molecule has 0 radical (unpaired) electrons. The third-order valence-electron chi connectivity index (χ3n) is 4.73.